The summed E-state index contributed by atoms with van der Waals surface area (Å²) in [7, 11) is -3.86. The van der Waals surface area contributed by atoms with E-state index in [1.165, 1.54) is 23.5 Å². The topological polar surface area (TPSA) is 127 Å². The second-order valence-electron chi connectivity index (χ2n) is 10.4. The Balaban J connectivity index is 0.000000289. The normalized spacial score (nSPS) is 19.2. The van der Waals surface area contributed by atoms with E-state index < -0.39 is 16.1 Å². The lowest BCUT2D eigenvalue weighted by atomic mass is 9.97. The lowest BCUT2D eigenvalue weighted by Crippen LogP contribution is -2.46. The van der Waals surface area contributed by atoms with E-state index in [0.29, 0.717) is 24.5 Å². The second-order valence-corrected chi connectivity index (χ2v) is 12.2. The number of rotatable bonds is 7. The van der Waals surface area contributed by atoms with Gasteiger partial charge in [-0.15, -0.1) is 0 Å². The predicted molar refractivity (Wildman–Crippen MR) is 149 cm³/mol. The molecule has 1 N–H and O–H groups in total. The number of nitrogens with zero attached hydrogens (tertiary/aromatic N) is 2. The average molecular weight is 556 g/mol. The Morgan fingerprint density at radius 3 is 2.41 bits per heavy atom. The first-order chi connectivity index (χ1) is 18.4. The molecule has 1 amide bonds. The van der Waals surface area contributed by atoms with Gasteiger partial charge in [0.1, 0.15) is 5.58 Å². The van der Waals surface area contributed by atoms with Gasteiger partial charge in [-0.05, 0) is 56.4 Å². The summed E-state index contributed by atoms with van der Waals surface area (Å²) in [5.41, 5.74) is 0.766. The van der Waals surface area contributed by atoms with Crippen LogP contribution in [-0.4, -0.2) is 53.8 Å². The van der Waals surface area contributed by atoms with Gasteiger partial charge in [-0.25, -0.2) is 13.4 Å². The number of nitrogens with one attached hydrogen (secondary N) is 1. The minimum absolute atomic E-state index is 0.0359. The molecule has 1 saturated heterocycles. The summed E-state index contributed by atoms with van der Waals surface area (Å²) in [5.74, 6) is 0.142. The van der Waals surface area contributed by atoms with Gasteiger partial charge in [-0.3, -0.25) is 14.4 Å². The van der Waals surface area contributed by atoms with Gasteiger partial charge in [0.05, 0.1) is 12.6 Å². The number of ketones is 2. The van der Waals surface area contributed by atoms with Crippen LogP contribution in [0.5, 0.6) is 0 Å². The number of benzene rings is 1. The Labute approximate surface area is 230 Å². The molecule has 9 nitrogen and oxygen atoms in total. The van der Waals surface area contributed by atoms with Crippen molar-refractivity contribution >= 4 is 38.5 Å². The van der Waals surface area contributed by atoms with Gasteiger partial charge in [0.25, 0.3) is 10.0 Å². The molecule has 10 heteroatoms. The SMILES string of the molecule is CC(=O)c1cc2ccccc2o1.CC(C)C[C@H](C)C(=O)N[C@H]1CC[C@@H](C)N(S(=O)(=O)c2ccccn2)CC1=O. The predicted octanol–water partition coefficient (Wildman–Crippen LogP) is 4.63. The van der Waals surface area contributed by atoms with Crippen LogP contribution < -0.4 is 5.32 Å². The van der Waals surface area contributed by atoms with Gasteiger partial charge in [0.15, 0.2) is 22.4 Å². The Morgan fingerprint density at radius 2 is 1.79 bits per heavy atom. The molecule has 39 heavy (non-hydrogen) atoms. The van der Waals surface area contributed by atoms with Crippen LogP contribution in [0.15, 0.2) is 64.2 Å². The summed E-state index contributed by atoms with van der Waals surface area (Å²) in [6, 6.07) is 13.0. The lowest BCUT2D eigenvalue weighted by molar-refractivity contribution is -0.130. The standard InChI is InChI=1S/C19H29N3O4S.C10H8O2/c1-13(2)11-14(3)19(24)21-16-9-8-15(4)22(12-17(16)23)27(25,26)18-7-5-6-10-20-18;1-7(11)10-6-8-4-2-3-5-9(8)12-10/h5-7,10,13-16H,8-9,11-12H2,1-4H3,(H,21,24);2-6H,1H3/t14-,15+,16-;/m0./s1. The molecule has 4 rings (SSSR count). The summed E-state index contributed by atoms with van der Waals surface area (Å²) in [4.78, 5) is 39.9. The number of carbonyl (C=O) groups excluding carboxylic acids is 3. The smallest absolute Gasteiger partial charge is 0.261 e. The van der Waals surface area contributed by atoms with Crippen molar-refractivity contribution in [3.63, 3.8) is 0 Å². The fraction of sp³-hybridized carbons (Fsp3) is 0.448. The maximum Gasteiger partial charge on any atom is 0.261 e. The first-order valence-corrected chi connectivity index (χ1v) is 14.6. The number of sulfonamides is 1. The van der Waals surface area contributed by atoms with E-state index in [0.717, 1.165) is 17.4 Å². The van der Waals surface area contributed by atoms with E-state index in [9.17, 15) is 22.8 Å². The molecule has 3 aromatic rings. The highest BCUT2D eigenvalue weighted by Gasteiger charge is 2.37. The number of Topliss-reactive ketones (excluding diaryl/α,β-unsaturated/α-hetero) is 2. The highest BCUT2D eigenvalue weighted by molar-refractivity contribution is 7.89. The first-order valence-electron chi connectivity index (χ1n) is 13.2. The Bertz CT molecular complexity index is 1370. The number of para-hydroxylation sites is 1. The van der Waals surface area contributed by atoms with Crippen LogP contribution in [0, 0.1) is 11.8 Å². The van der Waals surface area contributed by atoms with Gasteiger partial charge in [0, 0.05) is 30.5 Å². The van der Waals surface area contributed by atoms with Crippen molar-refractivity contribution in [3.05, 3.63) is 60.5 Å². The van der Waals surface area contributed by atoms with Crippen LogP contribution in [0.4, 0.5) is 0 Å². The van der Waals surface area contributed by atoms with E-state index in [1.54, 1.807) is 25.1 Å². The van der Waals surface area contributed by atoms with E-state index in [2.05, 4.69) is 10.3 Å². The van der Waals surface area contributed by atoms with Crippen LogP contribution in [-0.2, 0) is 19.6 Å². The third-order valence-electron chi connectivity index (χ3n) is 6.64. The van der Waals surface area contributed by atoms with Crippen molar-refractivity contribution in [2.75, 3.05) is 6.54 Å². The number of carbonyl (C=O) groups is 3. The van der Waals surface area contributed by atoms with Gasteiger partial charge < -0.3 is 9.73 Å². The Morgan fingerprint density at radius 1 is 1.10 bits per heavy atom. The highest BCUT2D eigenvalue weighted by Crippen LogP contribution is 2.23. The highest BCUT2D eigenvalue weighted by atomic mass is 32.2. The largest absolute Gasteiger partial charge is 0.453 e. The van der Waals surface area contributed by atoms with Crippen molar-refractivity contribution in [2.45, 2.75) is 71.0 Å². The second kappa shape index (κ2) is 13.1. The third-order valence-corrected chi connectivity index (χ3v) is 8.51. The minimum Gasteiger partial charge on any atom is -0.453 e. The monoisotopic (exact) mass is 555 g/mol. The molecule has 2 aromatic heterocycles. The summed E-state index contributed by atoms with van der Waals surface area (Å²) < 4.78 is 32.2. The maximum atomic E-state index is 12.9. The molecule has 0 radical (unpaired) electrons. The molecule has 1 aromatic carbocycles. The van der Waals surface area contributed by atoms with Gasteiger partial charge in [-0.2, -0.15) is 4.31 Å². The molecular weight excluding hydrogens is 518 g/mol. The van der Waals surface area contributed by atoms with Crippen molar-refractivity contribution < 1.29 is 27.2 Å². The minimum atomic E-state index is -3.86. The number of fused-ring (bicyclic) bond motifs is 1. The van der Waals surface area contributed by atoms with Gasteiger partial charge in [-0.1, -0.05) is 45.0 Å². The fourth-order valence-electron chi connectivity index (χ4n) is 4.51. The number of hydrogen-bond donors (Lipinski definition) is 1. The number of aromatic nitrogens is 1. The first kappa shape index (κ1) is 30.2. The van der Waals surface area contributed by atoms with Crippen LogP contribution in [0.3, 0.4) is 0 Å². The zero-order valence-corrected chi connectivity index (χ0v) is 23.9. The zero-order valence-electron chi connectivity index (χ0n) is 23.1. The van der Waals surface area contributed by atoms with Crippen LogP contribution >= 0.6 is 0 Å². The maximum absolute atomic E-state index is 12.9. The summed E-state index contributed by atoms with van der Waals surface area (Å²) in [6.45, 7) is 8.95. The quantitative estimate of drug-likeness (QED) is 0.421. The van der Waals surface area contributed by atoms with Crippen molar-refractivity contribution in [2.24, 2.45) is 11.8 Å². The van der Waals surface area contributed by atoms with E-state index >= 15 is 0 Å². The van der Waals surface area contributed by atoms with Gasteiger partial charge in [0.2, 0.25) is 5.91 Å². The number of hydrogen-bond acceptors (Lipinski definition) is 7. The summed E-state index contributed by atoms with van der Waals surface area (Å²) in [5, 5.41) is 3.72. The van der Waals surface area contributed by atoms with E-state index in [4.69, 9.17) is 4.42 Å². The Hall–Kier alpha value is -3.37. The fourth-order valence-corrected chi connectivity index (χ4v) is 6.07. The van der Waals surface area contributed by atoms with Gasteiger partial charge >= 0.3 is 0 Å². The molecule has 0 bridgehead atoms. The summed E-state index contributed by atoms with van der Waals surface area (Å²) in [6.07, 6.45) is 3.06. The molecule has 1 aliphatic heterocycles. The zero-order chi connectivity index (χ0) is 28.7. The third kappa shape index (κ3) is 7.83. The molecule has 0 spiro atoms. The van der Waals surface area contributed by atoms with E-state index in [-0.39, 0.29) is 41.0 Å². The molecular formula is C29H37N3O6S. The average Bonchev–Trinajstić information content (AvgIpc) is 3.28. The van der Waals surface area contributed by atoms with E-state index in [1.807, 2.05) is 45.0 Å². The molecule has 1 fully saturated rings. The molecule has 0 saturated carbocycles. The van der Waals surface area contributed by atoms with Crippen LogP contribution in [0.1, 0.15) is 64.4 Å². The van der Waals surface area contributed by atoms with Crippen molar-refractivity contribution in [1.82, 2.24) is 14.6 Å². The van der Waals surface area contributed by atoms with Crippen molar-refractivity contribution in [1.29, 1.82) is 0 Å². The molecule has 0 unspecified atom stereocenters. The van der Waals surface area contributed by atoms with Crippen LogP contribution in [0.25, 0.3) is 11.0 Å². The number of pyridine rings is 1. The number of furan rings is 1. The Kier molecular flexibility index (Phi) is 10.2. The molecule has 1 aliphatic rings. The number of amides is 1. The molecule has 210 valence electrons. The molecule has 0 aliphatic carbocycles. The van der Waals surface area contributed by atoms with Crippen molar-refractivity contribution in [3.8, 4) is 0 Å². The lowest BCUT2D eigenvalue weighted by Gasteiger charge is -2.24. The summed E-state index contributed by atoms with van der Waals surface area (Å²) >= 11 is 0. The molecule has 3 heterocycles. The van der Waals surface area contributed by atoms with Crippen LogP contribution in [0.2, 0.25) is 0 Å². The molecule has 3 atom stereocenters.